The number of nitrogens with one attached hydrogen (secondary N) is 1. The number of nitrogens with zero attached hydrogens (tertiary/aromatic N) is 1. The van der Waals surface area contributed by atoms with Crippen LogP contribution in [-0.2, 0) is 23.3 Å². The molecule has 0 bridgehead atoms. The Bertz CT molecular complexity index is 1000. The maximum atomic E-state index is 13.6. The van der Waals surface area contributed by atoms with Crippen LogP contribution < -0.4 is 5.32 Å². The predicted molar refractivity (Wildman–Crippen MR) is 109 cm³/mol. The van der Waals surface area contributed by atoms with Crippen molar-refractivity contribution < 1.29 is 9.59 Å². The molecule has 4 rings (SSSR count). The lowest BCUT2D eigenvalue weighted by Gasteiger charge is -2.27. The lowest BCUT2D eigenvalue weighted by Crippen LogP contribution is -2.46. The van der Waals surface area contributed by atoms with E-state index in [-0.39, 0.29) is 18.5 Å². The molecule has 1 saturated heterocycles. The van der Waals surface area contributed by atoms with E-state index in [4.69, 9.17) is 0 Å². The van der Waals surface area contributed by atoms with Gasteiger partial charge in [0.25, 0.3) is 5.91 Å². The average Bonchev–Trinajstić information content (AvgIpc) is 2.96. The quantitative estimate of drug-likeness (QED) is 0.685. The largest absolute Gasteiger partial charge is 0.325 e. The molecule has 4 heteroatoms. The van der Waals surface area contributed by atoms with Gasteiger partial charge in [-0.15, -0.1) is 0 Å². The van der Waals surface area contributed by atoms with E-state index in [2.05, 4.69) is 5.32 Å². The first kappa shape index (κ1) is 18.0. The lowest BCUT2D eigenvalue weighted by molar-refractivity contribution is -0.132. The number of imide groups is 1. The first-order valence-electron chi connectivity index (χ1n) is 9.38. The number of rotatable bonds is 5. The third-order valence-electron chi connectivity index (χ3n) is 5.34. The Balaban J connectivity index is 1.73. The summed E-state index contributed by atoms with van der Waals surface area (Å²) in [7, 11) is 0. The summed E-state index contributed by atoms with van der Waals surface area (Å²) in [6.07, 6.45) is 0.409. The van der Waals surface area contributed by atoms with Gasteiger partial charge >= 0.3 is 6.03 Å². The minimum absolute atomic E-state index is 0.212. The molecule has 1 fully saturated rings. The molecular formula is C24H22N2O2. The molecule has 0 spiro atoms. The summed E-state index contributed by atoms with van der Waals surface area (Å²) in [5.74, 6) is -0.212. The number of benzene rings is 3. The molecule has 0 radical (unpaired) electrons. The fourth-order valence-electron chi connectivity index (χ4n) is 3.77. The molecule has 1 aliphatic heterocycles. The highest BCUT2D eigenvalue weighted by atomic mass is 16.2. The van der Waals surface area contributed by atoms with E-state index in [1.54, 1.807) is 0 Å². The highest BCUT2D eigenvalue weighted by Crippen LogP contribution is 2.34. The molecule has 3 aromatic carbocycles. The van der Waals surface area contributed by atoms with Crippen LogP contribution in [0.25, 0.3) is 0 Å². The summed E-state index contributed by atoms with van der Waals surface area (Å²) in [5.41, 5.74) is 2.72. The number of carbonyl (C=O) groups is 2. The molecule has 1 heterocycles. The van der Waals surface area contributed by atoms with E-state index in [1.165, 1.54) is 4.90 Å². The van der Waals surface area contributed by atoms with Gasteiger partial charge in [0.2, 0.25) is 0 Å². The van der Waals surface area contributed by atoms with Crippen molar-refractivity contribution in [3.8, 4) is 0 Å². The standard InChI is InChI=1S/C24H22N2O2/c1-18-10-8-9-13-20(18)17-26-22(27)24(25-23(26)28,21-14-6-3-7-15-21)16-19-11-4-2-5-12-19/h2-15H,16-17H2,1H3,(H,25,28)/t24-/m0/s1. The molecule has 3 aromatic rings. The predicted octanol–water partition coefficient (Wildman–Crippen LogP) is 4.19. The molecule has 0 unspecified atom stereocenters. The molecule has 1 atom stereocenters. The van der Waals surface area contributed by atoms with E-state index >= 15 is 0 Å². The molecule has 0 saturated carbocycles. The van der Waals surface area contributed by atoms with Crippen molar-refractivity contribution in [3.05, 3.63) is 107 Å². The third-order valence-corrected chi connectivity index (χ3v) is 5.34. The van der Waals surface area contributed by atoms with Crippen LogP contribution in [0.2, 0.25) is 0 Å². The Labute approximate surface area is 164 Å². The van der Waals surface area contributed by atoms with E-state index < -0.39 is 5.54 Å². The second-order valence-electron chi connectivity index (χ2n) is 7.18. The van der Waals surface area contributed by atoms with Gasteiger partial charge in [-0.3, -0.25) is 9.69 Å². The first-order chi connectivity index (χ1) is 13.6. The van der Waals surface area contributed by atoms with Crippen LogP contribution in [0.3, 0.4) is 0 Å². The second-order valence-corrected chi connectivity index (χ2v) is 7.18. The van der Waals surface area contributed by atoms with Crippen molar-refractivity contribution in [2.45, 2.75) is 25.4 Å². The summed E-state index contributed by atoms with van der Waals surface area (Å²) in [6, 6.07) is 26.8. The van der Waals surface area contributed by atoms with Crippen LogP contribution in [0.1, 0.15) is 22.3 Å². The van der Waals surface area contributed by atoms with Crippen molar-refractivity contribution in [2.75, 3.05) is 0 Å². The highest BCUT2D eigenvalue weighted by molar-refractivity contribution is 6.07. The van der Waals surface area contributed by atoms with Crippen LogP contribution in [0.4, 0.5) is 4.79 Å². The highest BCUT2D eigenvalue weighted by Gasteiger charge is 2.52. The van der Waals surface area contributed by atoms with Gasteiger partial charge in [-0.1, -0.05) is 84.9 Å². The third kappa shape index (κ3) is 3.18. The Kier molecular flexibility index (Phi) is 4.70. The van der Waals surface area contributed by atoms with Gasteiger partial charge in [0.1, 0.15) is 0 Å². The van der Waals surface area contributed by atoms with Gasteiger partial charge in [-0.2, -0.15) is 0 Å². The second kappa shape index (κ2) is 7.31. The zero-order valence-corrected chi connectivity index (χ0v) is 15.8. The average molecular weight is 370 g/mol. The van der Waals surface area contributed by atoms with Gasteiger partial charge in [0.05, 0.1) is 6.54 Å². The monoisotopic (exact) mass is 370 g/mol. The summed E-state index contributed by atoms with van der Waals surface area (Å²) >= 11 is 0. The lowest BCUT2D eigenvalue weighted by atomic mass is 9.83. The summed E-state index contributed by atoms with van der Waals surface area (Å²) in [4.78, 5) is 27.8. The van der Waals surface area contributed by atoms with E-state index in [0.717, 1.165) is 22.3 Å². The minimum atomic E-state index is -1.09. The number of carbonyl (C=O) groups excluding carboxylic acids is 2. The van der Waals surface area contributed by atoms with Crippen molar-refractivity contribution >= 4 is 11.9 Å². The number of urea groups is 1. The molecule has 0 aliphatic carbocycles. The first-order valence-corrected chi connectivity index (χ1v) is 9.38. The SMILES string of the molecule is Cc1ccccc1CN1C(=O)N[C@@](Cc2ccccc2)(c2ccccc2)C1=O. The van der Waals surface area contributed by atoms with Crippen LogP contribution in [0.5, 0.6) is 0 Å². The zero-order chi connectivity index (χ0) is 19.6. The van der Waals surface area contributed by atoms with Crippen LogP contribution in [0.15, 0.2) is 84.9 Å². The molecule has 0 aromatic heterocycles. The molecule has 1 N–H and O–H groups in total. The van der Waals surface area contributed by atoms with Crippen LogP contribution in [-0.4, -0.2) is 16.8 Å². The number of aryl methyl sites for hydroxylation is 1. The fourth-order valence-corrected chi connectivity index (χ4v) is 3.77. The molecule has 28 heavy (non-hydrogen) atoms. The van der Waals surface area contributed by atoms with Crippen LogP contribution in [0, 0.1) is 6.92 Å². The smallest absolute Gasteiger partial charge is 0.319 e. The van der Waals surface area contributed by atoms with Gasteiger partial charge in [0.15, 0.2) is 5.54 Å². The number of amides is 3. The molecule has 3 amide bonds. The van der Waals surface area contributed by atoms with Gasteiger partial charge in [0, 0.05) is 6.42 Å². The molecular weight excluding hydrogens is 348 g/mol. The van der Waals surface area contributed by atoms with Gasteiger partial charge in [-0.05, 0) is 29.2 Å². The van der Waals surface area contributed by atoms with Crippen molar-refractivity contribution in [3.63, 3.8) is 0 Å². The van der Waals surface area contributed by atoms with E-state index in [0.29, 0.717) is 6.42 Å². The maximum absolute atomic E-state index is 13.6. The van der Waals surface area contributed by atoms with E-state index in [1.807, 2.05) is 91.9 Å². The molecule has 140 valence electrons. The fraction of sp³-hybridized carbons (Fsp3) is 0.167. The number of hydrogen-bond donors (Lipinski definition) is 1. The Morgan fingerprint density at radius 1 is 0.821 bits per heavy atom. The van der Waals surface area contributed by atoms with Crippen LogP contribution >= 0.6 is 0 Å². The maximum Gasteiger partial charge on any atom is 0.325 e. The summed E-state index contributed by atoms with van der Waals surface area (Å²) < 4.78 is 0. The minimum Gasteiger partial charge on any atom is -0.319 e. The van der Waals surface area contributed by atoms with E-state index in [9.17, 15) is 9.59 Å². The van der Waals surface area contributed by atoms with Gasteiger partial charge in [-0.25, -0.2) is 4.79 Å². The summed E-state index contributed by atoms with van der Waals surface area (Å²) in [5, 5.41) is 3.01. The molecule has 1 aliphatic rings. The normalized spacial score (nSPS) is 19.0. The topological polar surface area (TPSA) is 49.4 Å². The van der Waals surface area contributed by atoms with Crippen molar-refractivity contribution in [1.82, 2.24) is 10.2 Å². The Morgan fingerprint density at radius 3 is 2.11 bits per heavy atom. The summed E-state index contributed by atoms with van der Waals surface area (Å²) in [6.45, 7) is 2.25. The Morgan fingerprint density at radius 2 is 1.43 bits per heavy atom. The zero-order valence-electron chi connectivity index (χ0n) is 15.8. The van der Waals surface area contributed by atoms with Crippen molar-refractivity contribution in [1.29, 1.82) is 0 Å². The van der Waals surface area contributed by atoms with Gasteiger partial charge < -0.3 is 5.32 Å². The number of hydrogen-bond acceptors (Lipinski definition) is 2. The molecule has 4 nitrogen and oxygen atoms in total. The van der Waals surface area contributed by atoms with Crippen molar-refractivity contribution in [2.24, 2.45) is 0 Å². The Hall–Kier alpha value is -3.40.